The lowest BCUT2D eigenvalue weighted by molar-refractivity contribution is 0.209. The lowest BCUT2D eigenvalue weighted by atomic mass is 10.0. The average molecular weight is 267 g/mol. The highest BCUT2D eigenvalue weighted by Gasteiger charge is 2.17. The molecule has 2 heterocycles. The van der Waals surface area contributed by atoms with Crippen LogP contribution in [-0.4, -0.2) is 27.2 Å². The van der Waals surface area contributed by atoms with E-state index in [0.29, 0.717) is 17.0 Å². The van der Waals surface area contributed by atoms with Crippen LogP contribution in [0.5, 0.6) is 5.75 Å². The zero-order chi connectivity index (χ0) is 13.9. The van der Waals surface area contributed by atoms with Crippen molar-refractivity contribution in [2.45, 2.75) is 6.10 Å². The van der Waals surface area contributed by atoms with E-state index in [1.807, 2.05) is 12.1 Å². The van der Waals surface area contributed by atoms with Gasteiger partial charge in [-0.05, 0) is 29.8 Å². The number of benzene rings is 1. The van der Waals surface area contributed by atoms with Crippen LogP contribution in [0.4, 0.5) is 0 Å². The maximum Gasteiger partial charge on any atom is 0.143 e. The highest BCUT2D eigenvalue weighted by atomic mass is 16.5. The number of aliphatic hydroxyl groups excluding tert-OH is 1. The molecule has 0 amide bonds. The van der Waals surface area contributed by atoms with Gasteiger partial charge in [0.2, 0.25) is 0 Å². The fraction of sp³-hybridized carbons (Fsp3) is 0.133. The monoisotopic (exact) mass is 267 g/mol. The summed E-state index contributed by atoms with van der Waals surface area (Å²) in [5.41, 5.74) is 2.71. The van der Waals surface area contributed by atoms with Gasteiger partial charge in [-0.1, -0.05) is 6.07 Å². The fourth-order valence-corrected chi connectivity index (χ4v) is 2.09. The Bertz CT molecular complexity index is 746. The second-order valence-electron chi connectivity index (χ2n) is 4.30. The molecule has 0 spiro atoms. The molecule has 1 unspecified atom stereocenters. The van der Waals surface area contributed by atoms with Crippen LogP contribution < -0.4 is 4.74 Å². The number of aliphatic hydroxyl groups is 1. The van der Waals surface area contributed by atoms with Gasteiger partial charge in [0.05, 0.1) is 18.1 Å². The summed E-state index contributed by atoms with van der Waals surface area (Å²) in [6, 6.07) is 8.99. The van der Waals surface area contributed by atoms with Crippen LogP contribution in [0.3, 0.4) is 0 Å². The Kier molecular flexibility index (Phi) is 3.26. The molecule has 0 bridgehead atoms. The SMILES string of the molecule is COc1cccnc1C(O)c1ccc2nccnc2c1. The first-order valence-corrected chi connectivity index (χ1v) is 6.17. The van der Waals surface area contributed by atoms with Gasteiger partial charge in [-0.2, -0.15) is 0 Å². The smallest absolute Gasteiger partial charge is 0.143 e. The summed E-state index contributed by atoms with van der Waals surface area (Å²) in [6.07, 6.45) is 4.03. The van der Waals surface area contributed by atoms with Gasteiger partial charge < -0.3 is 9.84 Å². The van der Waals surface area contributed by atoms with Crippen molar-refractivity contribution in [3.8, 4) is 5.75 Å². The van der Waals surface area contributed by atoms with Crippen LogP contribution in [0, 0.1) is 0 Å². The van der Waals surface area contributed by atoms with Crippen molar-refractivity contribution < 1.29 is 9.84 Å². The topological polar surface area (TPSA) is 68.1 Å². The Morgan fingerprint density at radius 1 is 1.00 bits per heavy atom. The third-order valence-electron chi connectivity index (χ3n) is 3.09. The van der Waals surface area contributed by atoms with Crippen LogP contribution in [0.25, 0.3) is 11.0 Å². The zero-order valence-corrected chi connectivity index (χ0v) is 10.9. The third kappa shape index (κ3) is 2.19. The predicted octanol–water partition coefficient (Wildman–Crippen LogP) is 2.12. The average Bonchev–Trinajstić information content (AvgIpc) is 2.53. The van der Waals surface area contributed by atoms with Crippen molar-refractivity contribution in [3.05, 3.63) is 60.2 Å². The van der Waals surface area contributed by atoms with Gasteiger partial charge in [0.25, 0.3) is 0 Å². The van der Waals surface area contributed by atoms with Gasteiger partial charge in [-0.25, -0.2) is 0 Å². The minimum absolute atomic E-state index is 0.484. The van der Waals surface area contributed by atoms with Gasteiger partial charge in [0, 0.05) is 18.6 Å². The van der Waals surface area contributed by atoms with Gasteiger partial charge in [-0.3, -0.25) is 15.0 Å². The maximum atomic E-state index is 10.5. The van der Waals surface area contributed by atoms with Crippen LogP contribution in [0.15, 0.2) is 48.9 Å². The van der Waals surface area contributed by atoms with Crippen LogP contribution in [0.1, 0.15) is 17.4 Å². The molecule has 0 fully saturated rings. The van der Waals surface area contributed by atoms with E-state index in [9.17, 15) is 5.11 Å². The first kappa shape index (κ1) is 12.5. The van der Waals surface area contributed by atoms with E-state index in [4.69, 9.17) is 4.74 Å². The van der Waals surface area contributed by atoms with Crippen LogP contribution in [0.2, 0.25) is 0 Å². The first-order valence-electron chi connectivity index (χ1n) is 6.17. The summed E-state index contributed by atoms with van der Waals surface area (Å²) in [7, 11) is 1.55. The number of hydrogen-bond acceptors (Lipinski definition) is 5. The molecule has 0 aliphatic carbocycles. The molecule has 3 aromatic rings. The Morgan fingerprint density at radius 2 is 1.80 bits per heavy atom. The lowest BCUT2D eigenvalue weighted by Crippen LogP contribution is -2.05. The van der Waals surface area contributed by atoms with Crippen LogP contribution in [-0.2, 0) is 0 Å². The molecule has 5 heteroatoms. The van der Waals surface area contributed by atoms with Gasteiger partial charge in [0.15, 0.2) is 0 Å². The number of rotatable bonds is 3. The summed E-state index contributed by atoms with van der Waals surface area (Å²) < 4.78 is 5.22. The molecular weight excluding hydrogens is 254 g/mol. The first-order chi connectivity index (χ1) is 9.79. The summed E-state index contributed by atoms with van der Waals surface area (Å²) in [5, 5.41) is 10.5. The summed E-state index contributed by atoms with van der Waals surface area (Å²) in [5.74, 6) is 0.555. The summed E-state index contributed by atoms with van der Waals surface area (Å²) in [6.45, 7) is 0. The minimum Gasteiger partial charge on any atom is -0.495 e. The fourth-order valence-electron chi connectivity index (χ4n) is 2.09. The van der Waals surface area contributed by atoms with E-state index < -0.39 is 6.10 Å². The van der Waals surface area contributed by atoms with Crippen molar-refractivity contribution in [1.29, 1.82) is 0 Å². The Morgan fingerprint density at radius 3 is 2.60 bits per heavy atom. The number of aromatic nitrogens is 3. The molecule has 1 N–H and O–H groups in total. The van der Waals surface area contributed by atoms with Crippen molar-refractivity contribution in [3.63, 3.8) is 0 Å². The quantitative estimate of drug-likeness (QED) is 0.787. The van der Waals surface area contributed by atoms with E-state index in [0.717, 1.165) is 11.0 Å². The molecule has 0 saturated carbocycles. The molecule has 0 radical (unpaired) electrons. The molecule has 100 valence electrons. The van der Waals surface area contributed by atoms with Gasteiger partial charge >= 0.3 is 0 Å². The Balaban J connectivity index is 2.05. The van der Waals surface area contributed by atoms with Gasteiger partial charge in [0.1, 0.15) is 17.5 Å². The second kappa shape index (κ2) is 5.22. The predicted molar refractivity (Wildman–Crippen MR) is 74.4 cm³/mol. The van der Waals surface area contributed by atoms with E-state index in [-0.39, 0.29) is 0 Å². The molecule has 0 saturated heterocycles. The van der Waals surface area contributed by atoms with Gasteiger partial charge in [-0.15, -0.1) is 0 Å². The highest BCUT2D eigenvalue weighted by molar-refractivity contribution is 5.74. The van der Waals surface area contributed by atoms with Crippen molar-refractivity contribution in [1.82, 2.24) is 15.0 Å². The Hall–Kier alpha value is -2.53. The molecule has 1 aromatic carbocycles. The summed E-state index contributed by atoms with van der Waals surface area (Å²) >= 11 is 0. The number of methoxy groups -OCH3 is 1. The molecule has 3 rings (SSSR count). The van der Waals surface area contributed by atoms with E-state index in [2.05, 4.69) is 15.0 Å². The largest absolute Gasteiger partial charge is 0.495 e. The number of pyridine rings is 1. The number of nitrogens with zero attached hydrogens (tertiary/aromatic N) is 3. The molecular formula is C15H13N3O2. The second-order valence-corrected chi connectivity index (χ2v) is 4.30. The third-order valence-corrected chi connectivity index (χ3v) is 3.09. The normalized spacial score (nSPS) is 12.3. The minimum atomic E-state index is -0.863. The van der Waals surface area contributed by atoms with E-state index >= 15 is 0 Å². The van der Waals surface area contributed by atoms with Crippen molar-refractivity contribution in [2.75, 3.05) is 7.11 Å². The lowest BCUT2D eigenvalue weighted by Gasteiger charge is -2.14. The number of hydrogen-bond donors (Lipinski definition) is 1. The molecule has 2 aromatic heterocycles. The zero-order valence-electron chi connectivity index (χ0n) is 10.9. The van der Waals surface area contributed by atoms with E-state index in [1.165, 1.54) is 0 Å². The number of ether oxygens (including phenoxy) is 1. The molecule has 1 atom stereocenters. The number of fused-ring (bicyclic) bond motifs is 1. The molecule has 0 aliphatic rings. The molecule has 20 heavy (non-hydrogen) atoms. The van der Waals surface area contributed by atoms with Crippen LogP contribution >= 0.6 is 0 Å². The standard InChI is InChI=1S/C15H13N3O2/c1-20-13-3-2-6-18-14(13)15(19)10-4-5-11-12(9-10)17-8-7-16-11/h2-9,15,19H,1H3. The molecule has 5 nitrogen and oxygen atoms in total. The summed E-state index contributed by atoms with van der Waals surface area (Å²) in [4.78, 5) is 12.6. The van der Waals surface area contributed by atoms with Crippen molar-refractivity contribution >= 4 is 11.0 Å². The van der Waals surface area contributed by atoms with E-state index in [1.54, 1.807) is 43.9 Å². The molecule has 0 aliphatic heterocycles. The maximum absolute atomic E-state index is 10.5. The van der Waals surface area contributed by atoms with Crippen molar-refractivity contribution in [2.24, 2.45) is 0 Å². The Labute approximate surface area is 115 Å². The highest BCUT2D eigenvalue weighted by Crippen LogP contribution is 2.28.